The van der Waals surface area contributed by atoms with Crippen molar-refractivity contribution >= 4 is 39.5 Å². The molecule has 0 unspecified atom stereocenters. The van der Waals surface area contributed by atoms with E-state index in [4.69, 9.17) is 20.6 Å². The van der Waals surface area contributed by atoms with Gasteiger partial charge in [0.15, 0.2) is 18.4 Å². The molecule has 0 radical (unpaired) electrons. The van der Waals surface area contributed by atoms with Crippen LogP contribution in [0.25, 0.3) is 21.9 Å². The van der Waals surface area contributed by atoms with E-state index >= 15 is 0 Å². The molecule has 2 aliphatic rings. The second-order valence-electron chi connectivity index (χ2n) is 9.88. The second-order valence-corrected chi connectivity index (χ2v) is 9.88. The molecule has 1 aliphatic heterocycles. The van der Waals surface area contributed by atoms with Gasteiger partial charge in [-0.2, -0.15) is 9.97 Å². The molecule has 1 saturated carbocycles. The van der Waals surface area contributed by atoms with Gasteiger partial charge in [0.2, 0.25) is 0 Å². The van der Waals surface area contributed by atoms with Crippen LogP contribution in [-0.2, 0) is 4.74 Å². The van der Waals surface area contributed by atoms with Gasteiger partial charge in [-0.1, -0.05) is 0 Å². The Morgan fingerprint density at radius 1 is 1.31 bits per heavy atom. The van der Waals surface area contributed by atoms with Crippen LogP contribution in [0.3, 0.4) is 0 Å². The van der Waals surface area contributed by atoms with Crippen molar-refractivity contribution in [3.63, 3.8) is 0 Å². The number of aromatic amines is 1. The molecular formula is C25H27FN8O5. The van der Waals surface area contributed by atoms with Gasteiger partial charge in [-0.05, 0) is 37.8 Å². The van der Waals surface area contributed by atoms with E-state index in [9.17, 15) is 14.3 Å². The largest absolute Gasteiger partial charge is 0.422 e. The topological polar surface area (TPSA) is 176 Å². The van der Waals surface area contributed by atoms with Crippen LogP contribution in [0.2, 0.25) is 0 Å². The van der Waals surface area contributed by atoms with Gasteiger partial charge in [0.25, 0.3) is 0 Å². The van der Waals surface area contributed by atoms with Crippen molar-refractivity contribution in [2.75, 3.05) is 30.2 Å². The number of aromatic nitrogens is 5. The molecule has 1 amide bonds. The minimum atomic E-state index is -0.857. The number of halogens is 1. The van der Waals surface area contributed by atoms with Crippen LogP contribution in [0, 0.1) is 11.7 Å². The normalized spacial score (nSPS) is 21.1. The first-order chi connectivity index (χ1) is 18.7. The zero-order chi connectivity index (χ0) is 27.4. The molecule has 13 nitrogen and oxygen atoms in total. The number of nitrogens with zero attached hydrogens (tertiary/aromatic N) is 6. The quantitative estimate of drug-likeness (QED) is 0.265. The van der Waals surface area contributed by atoms with E-state index in [0.717, 1.165) is 17.7 Å². The Hall–Kier alpha value is -4.14. The number of rotatable bonds is 6. The maximum Gasteiger partial charge on any atom is 0.416 e. The molecule has 2 bridgehead atoms. The average molecular weight is 539 g/mol. The highest BCUT2D eigenvalue weighted by molar-refractivity contribution is 6.16. The van der Waals surface area contributed by atoms with Crippen molar-refractivity contribution in [3.05, 3.63) is 36.2 Å². The number of carbonyl (C=O) groups excluding carboxylic acids is 1. The lowest BCUT2D eigenvalue weighted by Crippen LogP contribution is -2.41. The van der Waals surface area contributed by atoms with E-state index in [2.05, 4.69) is 29.6 Å². The minimum absolute atomic E-state index is 0.0135. The van der Waals surface area contributed by atoms with E-state index in [-0.39, 0.29) is 35.4 Å². The van der Waals surface area contributed by atoms with Crippen molar-refractivity contribution in [1.82, 2.24) is 24.9 Å². The van der Waals surface area contributed by atoms with Crippen LogP contribution in [0.1, 0.15) is 31.7 Å². The second kappa shape index (κ2) is 9.55. The summed E-state index contributed by atoms with van der Waals surface area (Å²) < 4.78 is 25.5. The van der Waals surface area contributed by atoms with Crippen molar-refractivity contribution in [2.24, 2.45) is 11.7 Å². The van der Waals surface area contributed by atoms with Crippen molar-refractivity contribution in [2.45, 2.75) is 38.0 Å². The lowest BCUT2D eigenvalue weighted by Gasteiger charge is -2.31. The molecule has 14 heteroatoms. The first-order valence-electron chi connectivity index (χ1n) is 12.5. The summed E-state index contributed by atoms with van der Waals surface area (Å²) in [5.74, 6) is 0.803. The lowest BCUT2D eigenvalue weighted by molar-refractivity contribution is 0.0492. The zero-order valence-electron chi connectivity index (χ0n) is 21.2. The summed E-state index contributed by atoms with van der Waals surface area (Å²) >= 11 is 0. The van der Waals surface area contributed by atoms with Gasteiger partial charge in [-0.25, -0.2) is 19.2 Å². The fraction of sp³-hybridized carbons (Fsp3) is 0.400. The maximum absolute atomic E-state index is 14.9. The number of H-pyrrole nitrogens is 1. The monoisotopic (exact) mass is 538 g/mol. The third-order valence-electron chi connectivity index (χ3n) is 7.39. The Balaban J connectivity index is 1.50. The van der Waals surface area contributed by atoms with E-state index in [1.165, 1.54) is 31.6 Å². The molecule has 5 N–H and O–H groups in total. The molecule has 2 fully saturated rings. The Kier molecular flexibility index (Phi) is 6.16. The molecule has 1 aromatic carbocycles. The summed E-state index contributed by atoms with van der Waals surface area (Å²) in [6.45, 7) is 1.43. The van der Waals surface area contributed by atoms with Crippen molar-refractivity contribution in [1.29, 1.82) is 0 Å². The summed E-state index contributed by atoms with van der Waals surface area (Å²) in [5.41, 5.74) is 7.29. The lowest BCUT2D eigenvalue weighted by atomic mass is 10.0. The molecular weight excluding hydrogens is 511 g/mol. The first-order valence-corrected chi connectivity index (χ1v) is 12.5. The molecule has 0 spiro atoms. The van der Waals surface area contributed by atoms with Crippen LogP contribution >= 0.6 is 0 Å². The number of benzene rings is 1. The fourth-order valence-electron chi connectivity index (χ4n) is 5.53. The van der Waals surface area contributed by atoms with E-state index in [0.29, 0.717) is 40.2 Å². The highest BCUT2D eigenvalue weighted by Gasteiger charge is 2.44. The molecule has 3 aromatic heterocycles. The average Bonchev–Trinajstić information content (AvgIpc) is 3.60. The summed E-state index contributed by atoms with van der Waals surface area (Å²) in [4.78, 5) is 36.3. The van der Waals surface area contributed by atoms with Crippen molar-refractivity contribution < 1.29 is 28.9 Å². The Morgan fingerprint density at radius 2 is 2.08 bits per heavy atom. The van der Waals surface area contributed by atoms with Crippen LogP contribution in [0.5, 0.6) is 11.8 Å². The molecule has 4 aromatic rings. The number of piperidine rings is 1. The van der Waals surface area contributed by atoms with E-state index < -0.39 is 24.8 Å². The standard InChI is InChI=1S/C25H27FN8O5/c1-11(36)21-28-7-15(8-29-21)39-24-31-22-19(23(32-24)34-9-12-3-14(34)6-17(12)27)16-4-13(26)5-18(20(16)30-22)33(2)25(37)38-10-35/h4-5,7-8,11-12,14,17,35-36H,3,6,9-10,27H2,1-2H3,(H,30,31,32)/t11-,12-,14-,17-/m1/s1. The fourth-order valence-corrected chi connectivity index (χ4v) is 5.53. The van der Waals surface area contributed by atoms with Gasteiger partial charge in [0.1, 0.15) is 23.4 Å². The van der Waals surface area contributed by atoms with Gasteiger partial charge < -0.3 is 35.3 Å². The van der Waals surface area contributed by atoms with Gasteiger partial charge in [-0.15, -0.1) is 0 Å². The number of nitrogens with two attached hydrogens (primary N) is 1. The number of amides is 1. The number of hydrogen-bond acceptors (Lipinski definition) is 11. The Labute approximate surface area is 221 Å². The summed E-state index contributed by atoms with van der Waals surface area (Å²) in [6, 6.07) is 2.84. The molecule has 204 valence electrons. The molecule has 1 saturated heterocycles. The summed E-state index contributed by atoms with van der Waals surface area (Å²) in [5, 5.41) is 19.7. The number of hydrogen-bond donors (Lipinski definition) is 4. The van der Waals surface area contributed by atoms with Gasteiger partial charge in [0.05, 0.1) is 29.0 Å². The number of anilines is 2. The third-order valence-corrected chi connectivity index (χ3v) is 7.39. The number of nitrogens with one attached hydrogen (secondary N) is 1. The first kappa shape index (κ1) is 25.2. The number of aliphatic hydroxyl groups is 2. The third kappa shape index (κ3) is 4.35. The maximum atomic E-state index is 14.9. The number of carbonyl (C=O) groups is 1. The van der Waals surface area contributed by atoms with Crippen molar-refractivity contribution in [3.8, 4) is 11.8 Å². The predicted octanol–water partition coefficient (Wildman–Crippen LogP) is 2.33. The van der Waals surface area contributed by atoms with Crippen LogP contribution in [0.15, 0.2) is 24.5 Å². The number of aliphatic hydroxyl groups excluding tert-OH is 2. The smallest absolute Gasteiger partial charge is 0.416 e. The Morgan fingerprint density at radius 3 is 2.72 bits per heavy atom. The minimum Gasteiger partial charge on any atom is -0.422 e. The zero-order valence-corrected chi connectivity index (χ0v) is 21.2. The molecule has 1 aliphatic carbocycles. The molecule has 6 rings (SSSR count). The predicted molar refractivity (Wildman–Crippen MR) is 138 cm³/mol. The summed E-state index contributed by atoms with van der Waals surface area (Å²) in [6.07, 6.45) is 2.88. The number of ether oxygens (including phenoxy) is 2. The molecule has 4 atom stereocenters. The van der Waals surface area contributed by atoms with Gasteiger partial charge in [-0.3, -0.25) is 4.90 Å². The highest BCUT2D eigenvalue weighted by atomic mass is 19.1. The van der Waals surface area contributed by atoms with Crippen LogP contribution < -0.4 is 20.3 Å². The van der Waals surface area contributed by atoms with Crippen LogP contribution in [0.4, 0.5) is 20.7 Å². The van der Waals surface area contributed by atoms with Gasteiger partial charge in [0, 0.05) is 31.1 Å². The molecule has 4 heterocycles. The Bertz CT molecular complexity index is 1560. The van der Waals surface area contributed by atoms with Gasteiger partial charge >= 0.3 is 12.1 Å². The van der Waals surface area contributed by atoms with Crippen LogP contribution in [-0.4, -0.2) is 73.7 Å². The summed E-state index contributed by atoms with van der Waals surface area (Å²) in [7, 11) is 1.41. The van der Waals surface area contributed by atoms with E-state index in [1.807, 2.05) is 0 Å². The molecule has 39 heavy (non-hydrogen) atoms. The number of fused-ring (bicyclic) bond motifs is 5. The highest BCUT2D eigenvalue weighted by Crippen LogP contribution is 2.44. The van der Waals surface area contributed by atoms with E-state index in [1.54, 1.807) is 6.92 Å². The SMILES string of the molecule is C[C@@H](O)c1ncc(Oc2nc(N3C[C@H]4C[C@@H]3C[C@H]4N)c3c(n2)[nH]c2c(N(C)C(=O)OCO)cc(F)cc23)cn1.